The summed E-state index contributed by atoms with van der Waals surface area (Å²) in [6.07, 6.45) is 0.454. The minimum atomic E-state index is -1.67. The quantitative estimate of drug-likeness (QED) is 0.395. The van der Waals surface area contributed by atoms with Gasteiger partial charge in [0.1, 0.15) is 0 Å². The van der Waals surface area contributed by atoms with Gasteiger partial charge in [0.05, 0.1) is 6.10 Å². The predicted molar refractivity (Wildman–Crippen MR) is 43.7 cm³/mol. The molecule has 0 spiro atoms. The molecule has 4 heteroatoms. The van der Waals surface area contributed by atoms with E-state index in [1.54, 1.807) is 6.08 Å². The lowest BCUT2D eigenvalue weighted by atomic mass is 10.1. The van der Waals surface area contributed by atoms with Crippen LogP contribution in [0.5, 0.6) is 0 Å². The zero-order valence-electron chi connectivity index (χ0n) is 6.81. The van der Waals surface area contributed by atoms with Gasteiger partial charge >= 0.3 is 5.97 Å². The minimum absolute atomic E-state index is 0.277. The number of carboxylic acid groups (broad SMARTS) is 1. The van der Waals surface area contributed by atoms with Crippen molar-refractivity contribution in [2.24, 2.45) is 0 Å². The molecule has 0 saturated heterocycles. The van der Waals surface area contributed by atoms with Crippen molar-refractivity contribution in [3.05, 3.63) is 12.7 Å². The first-order chi connectivity index (χ1) is 5.59. The normalized spacial score (nSPS) is 15.2. The van der Waals surface area contributed by atoms with Crippen LogP contribution in [0.1, 0.15) is 19.3 Å². The van der Waals surface area contributed by atoms with Crippen molar-refractivity contribution < 1.29 is 20.1 Å². The number of carbonyl (C=O) groups is 1. The number of unbranched alkanes of at least 4 members (excludes halogenated alkanes) is 1. The zero-order chi connectivity index (χ0) is 9.56. The number of carboxylic acids is 1. The summed E-state index contributed by atoms with van der Waals surface area (Å²) < 4.78 is 0. The highest BCUT2D eigenvalue weighted by Crippen LogP contribution is 2.05. The van der Waals surface area contributed by atoms with Gasteiger partial charge in [-0.15, -0.1) is 6.58 Å². The fourth-order valence-corrected chi connectivity index (χ4v) is 0.794. The Bertz CT molecular complexity index is 155. The van der Waals surface area contributed by atoms with Crippen LogP contribution in [0.15, 0.2) is 12.7 Å². The van der Waals surface area contributed by atoms with E-state index in [2.05, 4.69) is 6.58 Å². The molecule has 0 aromatic heterocycles. The van der Waals surface area contributed by atoms with E-state index in [-0.39, 0.29) is 6.42 Å². The number of allylic oxidation sites excluding steroid dienone is 1. The first-order valence-electron chi connectivity index (χ1n) is 3.79. The first kappa shape index (κ1) is 11.1. The van der Waals surface area contributed by atoms with E-state index in [9.17, 15) is 4.79 Å². The van der Waals surface area contributed by atoms with E-state index in [0.29, 0.717) is 12.8 Å². The van der Waals surface area contributed by atoms with E-state index in [1.165, 1.54) is 0 Å². The van der Waals surface area contributed by atoms with Crippen molar-refractivity contribution in [3.63, 3.8) is 0 Å². The number of hydrogen-bond acceptors (Lipinski definition) is 3. The third kappa shape index (κ3) is 4.10. The molecular formula is C8H14O4. The number of hydrogen-bond donors (Lipinski definition) is 3. The summed E-state index contributed by atoms with van der Waals surface area (Å²) in [7, 11) is 0. The lowest BCUT2D eigenvalue weighted by Gasteiger charge is -2.12. The molecule has 2 atom stereocenters. The van der Waals surface area contributed by atoms with Crippen molar-refractivity contribution in [2.45, 2.75) is 31.5 Å². The van der Waals surface area contributed by atoms with Gasteiger partial charge in [-0.25, -0.2) is 4.79 Å². The van der Waals surface area contributed by atoms with Crippen LogP contribution in [0.2, 0.25) is 0 Å². The smallest absolute Gasteiger partial charge is 0.335 e. The third-order valence-electron chi connectivity index (χ3n) is 1.53. The molecule has 0 radical (unpaired) electrons. The van der Waals surface area contributed by atoms with Crippen LogP contribution in [0.4, 0.5) is 0 Å². The van der Waals surface area contributed by atoms with Crippen LogP contribution in [-0.2, 0) is 4.79 Å². The molecule has 12 heavy (non-hydrogen) atoms. The van der Waals surface area contributed by atoms with E-state index >= 15 is 0 Å². The minimum Gasteiger partial charge on any atom is -0.479 e. The number of aliphatic carboxylic acids is 1. The Morgan fingerprint density at radius 2 is 2.08 bits per heavy atom. The molecule has 0 bridgehead atoms. The topological polar surface area (TPSA) is 77.8 Å². The highest BCUT2D eigenvalue weighted by molar-refractivity contribution is 5.72. The fourth-order valence-electron chi connectivity index (χ4n) is 0.794. The molecule has 0 aromatic rings. The SMILES string of the molecule is C=CCCCC(O)C(O)C(=O)O. The molecule has 0 amide bonds. The van der Waals surface area contributed by atoms with Crippen LogP contribution in [0.3, 0.4) is 0 Å². The van der Waals surface area contributed by atoms with Gasteiger partial charge in [0.15, 0.2) is 6.10 Å². The Hall–Kier alpha value is -0.870. The van der Waals surface area contributed by atoms with Crippen molar-refractivity contribution in [1.29, 1.82) is 0 Å². The second kappa shape index (κ2) is 5.74. The van der Waals surface area contributed by atoms with Crippen LogP contribution >= 0.6 is 0 Å². The average Bonchev–Trinajstić information content (AvgIpc) is 2.03. The molecule has 0 fully saturated rings. The van der Waals surface area contributed by atoms with E-state index in [0.717, 1.165) is 0 Å². The molecule has 0 aliphatic rings. The lowest BCUT2D eigenvalue weighted by molar-refractivity contribution is -0.153. The highest BCUT2D eigenvalue weighted by atomic mass is 16.4. The Morgan fingerprint density at radius 1 is 1.50 bits per heavy atom. The fraction of sp³-hybridized carbons (Fsp3) is 0.625. The second-order valence-electron chi connectivity index (χ2n) is 2.57. The standard InChI is InChI=1S/C8H14O4/c1-2-3-4-5-6(9)7(10)8(11)12/h2,6-7,9-10H,1,3-5H2,(H,11,12). The predicted octanol–water partition coefficient (Wildman–Crippen LogP) is 0.149. The van der Waals surface area contributed by atoms with Crippen LogP contribution < -0.4 is 0 Å². The number of aliphatic hydroxyl groups is 2. The highest BCUT2D eigenvalue weighted by Gasteiger charge is 2.22. The Balaban J connectivity index is 3.63. The van der Waals surface area contributed by atoms with Crippen molar-refractivity contribution in [2.75, 3.05) is 0 Å². The molecule has 3 N–H and O–H groups in total. The third-order valence-corrected chi connectivity index (χ3v) is 1.53. The van der Waals surface area contributed by atoms with Crippen molar-refractivity contribution in [3.8, 4) is 0 Å². The van der Waals surface area contributed by atoms with Crippen LogP contribution in [0, 0.1) is 0 Å². The lowest BCUT2D eigenvalue weighted by Crippen LogP contribution is -2.33. The molecule has 4 nitrogen and oxygen atoms in total. The summed E-state index contributed by atoms with van der Waals surface area (Å²) >= 11 is 0. The summed E-state index contributed by atoms with van der Waals surface area (Å²) in [5.41, 5.74) is 0. The number of rotatable bonds is 6. The summed E-state index contributed by atoms with van der Waals surface area (Å²) in [5, 5.41) is 26.1. The molecule has 0 rings (SSSR count). The number of aliphatic hydroxyl groups excluding tert-OH is 2. The van der Waals surface area contributed by atoms with E-state index in [4.69, 9.17) is 15.3 Å². The van der Waals surface area contributed by atoms with Crippen molar-refractivity contribution in [1.82, 2.24) is 0 Å². The molecule has 0 aromatic carbocycles. The monoisotopic (exact) mass is 174 g/mol. The van der Waals surface area contributed by atoms with Crippen molar-refractivity contribution >= 4 is 5.97 Å². The van der Waals surface area contributed by atoms with Gasteiger partial charge in [-0.3, -0.25) is 0 Å². The van der Waals surface area contributed by atoms with Gasteiger partial charge in [-0.1, -0.05) is 6.08 Å². The summed E-state index contributed by atoms with van der Waals surface area (Å²) in [6, 6.07) is 0. The molecule has 0 aliphatic carbocycles. The van der Waals surface area contributed by atoms with Gasteiger partial charge in [0.2, 0.25) is 0 Å². The van der Waals surface area contributed by atoms with Gasteiger partial charge < -0.3 is 15.3 Å². The second-order valence-corrected chi connectivity index (χ2v) is 2.57. The molecule has 2 unspecified atom stereocenters. The summed E-state index contributed by atoms with van der Waals surface area (Å²) in [6.45, 7) is 3.48. The maximum absolute atomic E-state index is 10.1. The largest absolute Gasteiger partial charge is 0.479 e. The Labute approximate surface area is 71.1 Å². The van der Waals surface area contributed by atoms with E-state index in [1.807, 2.05) is 0 Å². The first-order valence-corrected chi connectivity index (χ1v) is 3.79. The molecule has 0 heterocycles. The molecule has 0 aliphatic heterocycles. The van der Waals surface area contributed by atoms with Gasteiger partial charge in [-0.05, 0) is 19.3 Å². The average molecular weight is 174 g/mol. The van der Waals surface area contributed by atoms with Gasteiger partial charge in [0.25, 0.3) is 0 Å². The molecule has 0 saturated carbocycles. The molecular weight excluding hydrogens is 160 g/mol. The summed E-state index contributed by atoms with van der Waals surface area (Å²) in [4.78, 5) is 10.1. The van der Waals surface area contributed by atoms with Crippen LogP contribution in [-0.4, -0.2) is 33.5 Å². The van der Waals surface area contributed by atoms with Gasteiger partial charge in [0, 0.05) is 0 Å². The Morgan fingerprint density at radius 3 is 2.50 bits per heavy atom. The maximum atomic E-state index is 10.1. The van der Waals surface area contributed by atoms with E-state index < -0.39 is 18.2 Å². The van der Waals surface area contributed by atoms with Crippen LogP contribution in [0.25, 0.3) is 0 Å². The molecule has 70 valence electrons. The van der Waals surface area contributed by atoms with Gasteiger partial charge in [-0.2, -0.15) is 0 Å². The Kier molecular flexibility index (Phi) is 5.32. The maximum Gasteiger partial charge on any atom is 0.335 e. The summed E-state index contributed by atoms with van der Waals surface area (Å²) in [5.74, 6) is -1.39. The zero-order valence-corrected chi connectivity index (χ0v) is 6.81.